The molecule has 1 aromatic rings. The van der Waals surface area contributed by atoms with Crippen LogP contribution in [0.3, 0.4) is 0 Å². The molecule has 0 radical (unpaired) electrons. The van der Waals surface area contributed by atoms with Gasteiger partial charge in [0.25, 0.3) is 0 Å². The van der Waals surface area contributed by atoms with Crippen LogP contribution in [0.5, 0.6) is 0 Å². The molecule has 0 aliphatic carbocycles. The van der Waals surface area contributed by atoms with Crippen LogP contribution in [0, 0.1) is 12.8 Å². The van der Waals surface area contributed by atoms with Crippen LogP contribution in [-0.4, -0.2) is 31.3 Å². The van der Waals surface area contributed by atoms with Gasteiger partial charge in [0.1, 0.15) is 0 Å². The molecule has 110 valence electrons. The van der Waals surface area contributed by atoms with Crippen LogP contribution in [0.15, 0.2) is 27.6 Å². The van der Waals surface area contributed by atoms with Gasteiger partial charge in [-0.25, -0.2) is 0 Å². The Kier molecular flexibility index (Phi) is 6.39. The first kappa shape index (κ1) is 15.9. The molecule has 1 amide bonds. The molecule has 0 saturated carbocycles. The Hall–Kier alpha value is -0.520. The molecule has 0 bridgehead atoms. The summed E-state index contributed by atoms with van der Waals surface area (Å²) in [7, 11) is 0. The second-order valence-corrected chi connectivity index (χ2v) is 7.13. The fourth-order valence-electron chi connectivity index (χ4n) is 2.35. The van der Waals surface area contributed by atoms with E-state index in [1.54, 1.807) is 11.8 Å². The van der Waals surface area contributed by atoms with Crippen molar-refractivity contribution in [2.24, 2.45) is 5.92 Å². The van der Waals surface area contributed by atoms with Crippen molar-refractivity contribution in [1.29, 1.82) is 0 Å². The maximum absolute atomic E-state index is 11.8. The zero-order valence-electron chi connectivity index (χ0n) is 11.7. The third-order valence-electron chi connectivity index (χ3n) is 3.53. The number of benzene rings is 1. The van der Waals surface area contributed by atoms with E-state index in [9.17, 15) is 4.79 Å². The fraction of sp³-hybridized carbons (Fsp3) is 0.533. The molecule has 1 atom stereocenters. The summed E-state index contributed by atoms with van der Waals surface area (Å²) in [5.41, 5.74) is 1.20. The largest absolute Gasteiger partial charge is 0.355 e. The van der Waals surface area contributed by atoms with Gasteiger partial charge in [-0.3, -0.25) is 4.79 Å². The van der Waals surface area contributed by atoms with Crippen LogP contribution in [0.1, 0.15) is 18.4 Å². The molecule has 1 saturated heterocycles. The predicted molar refractivity (Wildman–Crippen MR) is 88.2 cm³/mol. The summed E-state index contributed by atoms with van der Waals surface area (Å²) < 4.78 is 1.08. The molecule has 2 rings (SSSR count). The minimum Gasteiger partial charge on any atom is -0.355 e. The third kappa shape index (κ3) is 5.11. The molecule has 0 spiro atoms. The Balaban J connectivity index is 1.66. The van der Waals surface area contributed by atoms with Crippen molar-refractivity contribution >= 4 is 33.6 Å². The maximum Gasteiger partial charge on any atom is 0.230 e. The van der Waals surface area contributed by atoms with Crippen LogP contribution in [0.2, 0.25) is 0 Å². The Morgan fingerprint density at radius 1 is 1.55 bits per heavy atom. The van der Waals surface area contributed by atoms with Crippen molar-refractivity contribution in [3.05, 3.63) is 28.2 Å². The van der Waals surface area contributed by atoms with Gasteiger partial charge in [-0.15, -0.1) is 11.8 Å². The van der Waals surface area contributed by atoms with Crippen molar-refractivity contribution in [2.75, 3.05) is 25.4 Å². The summed E-state index contributed by atoms with van der Waals surface area (Å²) in [4.78, 5) is 13.0. The van der Waals surface area contributed by atoms with Crippen LogP contribution in [-0.2, 0) is 4.79 Å². The van der Waals surface area contributed by atoms with Gasteiger partial charge in [0.05, 0.1) is 5.75 Å². The molecule has 20 heavy (non-hydrogen) atoms. The van der Waals surface area contributed by atoms with Gasteiger partial charge >= 0.3 is 0 Å². The third-order valence-corrected chi connectivity index (χ3v) is 5.20. The van der Waals surface area contributed by atoms with Gasteiger partial charge in [0.2, 0.25) is 5.91 Å². The predicted octanol–water partition coefficient (Wildman–Crippen LogP) is 2.97. The monoisotopic (exact) mass is 356 g/mol. The van der Waals surface area contributed by atoms with Crippen molar-refractivity contribution in [1.82, 2.24) is 10.6 Å². The second kappa shape index (κ2) is 8.05. The highest BCUT2D eigenvalue weighted by Crippen LogP contribution is 2.25. The first-order valence-electron chi connectivity index (χ1n) is 7.01. The van der Waals surface area contributed by atoms with E-state index in [0.717, 1.165) is 36.4 Å². The topological polar surface area (TPSA) is 41.1 Å². The lowest BCUT2D eigenvalue weighted by Crippen LogP contribution is -2.27. The summed E-state index contributed by atoms with van der Waals surface area (Å²) in [6, 6.07) is 6.15. The van der Waals surface area contributed by atoms with Crippen LogP contribution in [0.4, 0.5) is 0 Å². The van der Waals surface area contributed by atoms with Crippen molar-refractivity contribution in [3.8, 4) is 0 Å². The van der Waals surface area contributed by atoms with Gasteiger partial charge < -0.3 is 10.6 Å². The standard InChI is InChI=1S/C15H21BrN2OS/c1-11-8-13(16)2-3-14(11)20-10-15(19)18-7-5-12-4-6-17-9-12/h2-3,8,12,17H,4-7,9-10H2,1H3,(H,18,19). The van der Waals surface area contributed by atoms with Crippen molar-refractivity contribution in [3.63, 3.8) is 0 Å². The molecular formula is C15H21BrN2OS. The van der Waals surface area contributed by atoms with E-state index in [0.29, 0.717) is 5.75 Å². The molecule has 1 heterocycles. The summed E-state index contributed by atoms with van der Waals surface area (Å²) in [6.45, 7) is 5.09. The van der Waals surface area contributed by atoms with E-state index in [1.807, 2.05) is 6.07 Å². The number of amides is 1. The Morgan fingerprint density at radius 3 is 3.10 bits per heavy atom. The fourth-order valence-corrected chi connectivity index (χ4v) is 3.66. The molecule has 1 unspecified atom stereocenters. The SMILES string of the molecule is Cc1cc(Br)ccc1SCC(=O)NCCC1CCNC1. The van der Waals surface area contributed by atoms with Gasteiger partial charge in [-0.1, -0.05) is 15.9 Å². The van der Waals surface area contributed by atoms with Gasteiger partial charge in [0.15, 0.2) is 0 Å². The number of carbonyl (C=O) groups excluding carboxylic acids is 1. The van der Waals surface area contributed by atoms with Gasteiger partial charge in [-0.05, 0) is 62.5 Å². The number of aryl methyl sites for hydroxylation is 1. The normalized spacial score (nSPS) is 18.2. The summed E-state index contributed by atoms with van der Waals surface area (Å²) in [5.74, 6) is 1.35. The van der Waals surface area contributed by atoms with E-state index in [4.69, 9.17) is 0 Å². The lowest BCUT2D eigenvalue weighted by Gasteiger charge is -2.10. The van der Waals surface area contributed by atoms with E-state index in [2.05, 4.69) is 45.6 Å². The summed E-state index contributed by atoms with van der Waals surface area (Å²) in [5, 5.41) is 6.36. The Bertz CT molecular complexity index is 461. The van der Waals surface area contributed by atoms with Crippen LogP contribution < -0.4 is 10.6 Å². The van der Waals surface area contributed by atoms with E-state index in [1.165, 1.54) is 16.9 Å². The zero-order chi connectivity index (χ0) is 14.4. The highest BCUT2D eigenvalue weighted by Gasteiger charge is 2.14. The van der Waals surface area contributed by atoms with Crippen LogP contribution in [0.25, 0.3) is 0 Å². The first-order chi connectivity index (χ1) is 9.65. The minimum atomic E-state index is 0.128. The number of hydrogen-bond donors (Lipinski definition) is 2. The van der Waals surface area contributed by atoms with Crippen molar-refractivity contribution in [2.45, 2.75) is 24.7 Å². The quantitative estimate of drug-likeness (QED) is 0.769. The summed E-state index contributed by atoms with van der Waals surface area (Å²) in [6.07, 6.45) is 2.32. The molecule has 1 aliphatic heterocycles. The van der Waals surface area contributed by atoms with Crippen molar-refractivity contribution < 1.29 is 4.79 Å². The number of thioether (sulfide) groups is 1. The van der Waals surface area contributed by atoms with Gasteiger partial charge in [0, 0.05) is 15.9 Å². The smallest absolute Gasteiger partial charge is 0.230 e. The molecule has 5 heteroatoms. The molecule has 2 N–H and O–H groups in total. The lowest BCUT2D eigenvalue weighted by atomic mass is 10.1. The second-order valence-electron chi connectivity index (χ2n) is 5.20. The number of rotatable bonds is 6. The number of hydrogen-bond acceptors (Lipinski definition) is 3. The molecule has 1 aromatic carbocycles. The number of nitrogens with one attached hydrogen (secondary N) is 2. The van der Waals surface area contributed by atoms with E-state index in [-0.39, 0.29) is 5.91 Å². The average molecular weight is 357 g/mol. The average Bonchev–Trinajstić information content (AvgIpc) is 2.91. The zero-order valence-corrected chi connectivity index (χ0v) is 14.1. The molecule has 1 aliphatic rings. The Labute approximate surface area is 133 Å². The number of halogens is 1. The highest BCUT2D eigenvalue weighted by molar-refractivity contribution is 9.10. The lowest BCUT2D eigenvalue weighted by molar-refractivity contribution is -0.118. The first-order valence-corrected chi connectivity index (χ1v) is 8.79. The molecule has 0 aromatic heterocycles. The Morgan fingerprint density at radius 2 is 2.40 bits per heavy atom. The maximum atomic E-state index is 11.8. The van der Waals surface area contributed by atoms with Gasteiger partial charge in [-0.2, -0.15) is 0 Å². The highest BCUT2D eigenvalue weighted by atomic mass is 79.9. The molecule has 1 fully saturated rings. The van der Waals surface area contributed by atoms with E-state index < -0.39 is 0 Å². The summed E-state index contributed by atoms with van der Waals surface area (Å²) >= 11 is 5.05. The van der Waals surface area contributed by atoms with E-state index >= 15 is 0 Å². The number of carbonyl (C=O) groups is 1. The molecular weight excluding hydrogens is 336 g/mol. The van der Waals surface area contributed by atoms with Crippen LogP contribution >= 0.6 is 27.7 Å². The molecule has 3 nitrogen and oxygen atoms in total. The minimum absolute atomic E-state index is 0.128.